The summed E-state index contributed by atoms with van der Waals surface area (Å²) < 4.78 is 0.741. The van der Waals surface area contributed by atoms with Crippen LogP contribution in [0, 0.1) is 0 Å². The Labute approximate surface area is 149 Å². The molecule has 124 valence electrons. The minimum atomic E-state index is -1.84. The van der Waals surface area contributed by atoms with Gasteiger partial charge in [0.15, 0.2) is 11.4 Å². The fourth-order valence-corrected chi connectivity index (χ4v) is 3.24. The number of ketones is 1. The van der Waals surface area contributed by atoms with Crippen LogP contribution in [0.3, 0.4) is 0 Å². The second-order valence-corrected chi connectivity index (χ2v) is 7.30. The lowest BCUT2D eigenvalue weighted by molar-refractivity contribution is -0.133. The van der Waals surface area contributed by atoms with Crippen LogP contribution in [0.15, 0.2) is 46.9 Å². The number of halogens is 1. The van der Waals surface area contributed by atoms with E-state index in [1.54, 1.807) is 30.3 Å². The van der Waals surface area contributed by atoms with Crippen LogP contribution in [0.5, 0.6) is 0 Å². The molecule has 1 amide bonds. The first-order valence-corrected chi connectivity index (χ1v) is 8.57. The number of fused-ring (bicyclic) bond motifs is 1. The molecule has 0 radical (unpaired) electrons. The van der Waals surface area contributed by atoms with Gasteiger partial charge in [0.25, 0.3) is 5.91 Å². The first-order chi connectivity index (χ1) is 11.3. The Morgan fingerprint density at radius 2 is 1.88 bits per heavy atom. The summed E-state index contributed by atoms with van der Waals surface area (Å²) in [5.41, 5.74) is 0.748. The van der Waals surface area contributed by atoms with Crippen molar-refractivity contribution in [3.05, 3.63) is 63.6 Å². The van der Waals surface area contributed by atoms with Gasteiger partial charge in [0.2, 0.25) is 0 Å². The number of aliphatic hydroxyl groups is 1. The minimum Gasteiger partial charge on any atom is -0.375 e. The molecule has 0 aromatic heterocycles. The van der Waals surface area contributed by atoms with Crippen LogP contribution in [0.1, 0.15) is 47.7 Å². The molecule has 2 N–H and O–H groups in total. The van der Waals surface area contributed by atoms with Crippen molar-refractivity contribution in [3.8, 4) is 0 Å². The summed E-state index contributed by atoms with van der Waals surface area (Å²) in [6.07, 6.45) is -0.288. The van der Waals surface area contributed by atoms with Crippen molar-refractivity contribution in [2.24, 2.45) is 0 Å². The van der Waals surface area contributed by atoms with Crippen LogP contribution in [0.25, 0.3) is 0 Å². The molecule has 0 saturated heterocycles. The summed E-state index contributed by atoms with van der Waals surface area (Å²) in [5.74, 6) is -0.457. The maximum absolute atomic E-state index is 12.6. The number of carbonyl (C=O) groups is 2. The third-order valence-electron chi connectivity index (χ3n) is 4.37. The van der Waals surface area contributed by atoms with Crippen molar-refractivity contribution in [1.82, 2.24) is 0 Å². The summed E-state index contributed by atoms with van der Waals surface area (Å²) in [6.45, 7) is 4.16. The molecule has 5 heteroatoms. The Bertz CT molecular complexity index is 814. The Balaban J connectivity index is 1.89. The van der Waals surface area contributed by atoms with Gasteiger partial charge in [-0.15, -0.1) is 0 Å². The zero-order valence-corrected chi connectivity index (χ0v) is 15.1. The van der Waals surface area contributed by atoms with E-state index in [1.807, 2.05) is 12.1 Å². The molecule has 0 bridgehead atoms. The van der Waals surface area contributed by atoms with E-state index in [2.05, 4.69) is 35.1 Å². The van der Waals surface area contributed by atoms with Crippen LogP contribution >= 0.6 is 15.9 Å². The third kappa shape index (κ3) is 2.89. The number of amides is 1. The molecule has 0 aliphatic carbocycles. The first kappa shape index (κ1) is 16.9. The van der Waals surface area contributed by atoms with Crippen molar-refractivity contribution in [2.75, 3.05) is 5.32 Å². The maximum Gasteiger partial charge on any atom is 0.261 e. The van der Waals surface area contributed by atoms with Gasteiger partial charge in [-0.3, -0.25) is 9.59 Å². The highest BCUT2D eigenvalue weighted by Crippen LogP contribution is 2.40. The average Bonchev–Trinajstić information content (AvgIpc) is 2.78. The Hall–Kier alpha value is -1.98. The quantitative estimate of drug-likeness (QED) is 0.779. The second kappa shape index (κ2) is 6.15. The predicted molar refractivity (Wildman–Crippen MR) is 96.1 cm³/mol. The summed E-state index contributed by atoms with van der Waals surface area (Å²) in [7, 11) is 0. The summed E-state index contributed by atoms with van der Waals surface area (Å²) in [5, 5.41) is 13.5. The van der Waals surface area contributed by atoms with Crippen LogP contribution < -0.4 is 5.32 Å². The van der Waals surface area contributed by atoms with Gasteiger partial charge in [-0.1, -0.05) is 54.0 Å². The molecule has 0 saturated carbocycles. The molecule has 3 rings (SSSR count). The molecule has 2 aromatic carbocycles. The highest BCUT2D eigenvalue weighted by Gasteiger charge is 2.46. The number of hydrogen-bond donors (Lipinski definition) is 2. The molecular weight excluding hydrogens is 370 g/mol. The van der Waals surface area contributed by atoms with E-state index in [-0.39, 0.29) is 12.2 Å². The minimum absolute atomic E-state index is 0.268. The van der Waals surface area contributed by atoms with Crippen molar-refractivity contribution in [3.63, 3.8) is 0 Å². The van der Waals surface area contributed by atoms with E-state index in [0.717, 1.165) is 10.0 Å². The zero-order chi connectivity index (χ0) is 17.5. The molecule has 1 aliphatic rings. The fraction of sp³-hybridized carbons (Fsp3) is 0.263. The zero-order valence-electron chi connectivity index (χ0n) is 13.5. The smallest absolute Gasteiger partial charge is 0.261 e. The van der Waals surface area contributed by atoms with Gasteiger partial charge >= 0.3 is 0 Å². The molecule has 0 fully saturated rings. The number of nitrogens with one attached hydrogen (secondary N) is 1. The van der Waals surface area contributed by atoms with E-state index in [9.17, 15) is 14.7 Å². The lowest BCUT2D eigenvalue weighted by Gasteiger charge is -2.20. The maximum atomic E-state index is 12.6. The SMILES string of the molecule is CC(C)c1ccc(C(=O)CC2(O)C(=O)Nc3ccc(Br)cc32)cc1. The molecule has 1 aliphatic heterocycles. The molecular formula is C19H18BrNO3. The standard InChI is InChI=1S/C19H18BrNO3/c1-11(2)12-3-5-13(6-4-12)17(22)10-19(24)15-9-14(20)7-8-16(15)21-18(19)23/h3-9,11,24H,10H2,1-2H3,(H,21,23). The van der Waals surface area contributed by atoms with Gasteiger partial charge in [0, 0.05) is 21.3 Å². The van der Waals surface area contributed by atoms with Crippen molar-refractivity contribution in [2.45, 2.75) is 31.8 Å². The van der Waals surface area contributed by atoms with E-state index in [4.69, 9.17) is 0 Å². The van der Waals surface area contributed by atoms with Gasteiger partial charge < -0.3 is 10.4 Å². The molecule has 2 aromatic rings. The van der Waals surface area contributed by atoms with Crippen molar-refractivity contribution >= 4 is 33.3 Å². The number of benzene rings is 2. The Kier molecular flexibility index (Phi) is 4.32. The molecule has 1 atom stereocenters. The topological polar surface area (TPSA) is 66.4 Å². The van der Waals surface area contributed by atoms with Crippen LogP contribution in [-0.2, 0) is 10.4 Å². The van der Waals surface area contributed by atoms with Crippen LogP contribution in [0.2, 0.25) is 0 Å². The first-order valence-electron chi connectivity index (χ1n) is 7.78. The normalized spacial score (nSPS) is 19.3. The lowest BCUT2D eigenvalue weighted by atomic mass is 9.88. The average molecular weight is 388 g/mol. The monoisotopic (exact) mass is 387 g/mol. The second-order valence-electron chi connectivity index (χ2n) is 6.38. The van der Waals surface area contributed by atoms with E-state index in [0.29, 0.717) is 22.7 Å². The largest absolute Gasteiger partial charge is 0.375 e. The Morgan fingerprint density at radius 3 is 2.50 bits per heavy atom. The summed E-state index contributed by atoms with van der Waals surface area (Å²) in [6, 6.07) is 12.4. The van der Waals surface area contributed by atoms with Gasteiger partial charge in [0.1, 0.15) is 0 Å². The fourth-order valence-electron chi connectivity index (χ4n) is 2.88. The summed E-state index contributed by atoms with van der Waals surface area (Å²) >= 11 is 3.33. The van der Waals surface area contributed by atoms with Gasteiger partial charge in [-0.05, 0) is 29.7 Å². The number of Topliss-reactive ketones (excluding diaryl/α,β-unsaturated/α-hetero) is 1. The van der Waals surface area contributed by atoms with Crippen molar-refractivity contribution < 1.29 is 14.7 Å². The molecule has 0 spiro atoms. The van der Waals surface area contributed by atoms with E-state index < -0.39 is 11.5 Å². The van der Waals surface area contributed by atoms with Gasteiger partial charge in [-0.25, -0.2) is 0 Å². The summed E-state index contributed by atoms with van der Waals surface area (Å²) in [4.78, 5) is 24.8. The highest BCUT2D eigenvalue weighted by molar-refractivity contribution is 9.10. The number of anilines is 1. The lowest BCUT2D eigenvalue weighted by Crippen LogP contribution is -2.36. The Morgan fingerprint density at radius 1 is 1.21 bits per heavy atom. The number of hydrogen-bond acceptors (Lipinski definition) is 3. The van der Waals surface area contributed by atoms with Gasteiger partial charge in [0.05, 0.1) is 6.42 Å². The van der Waals surface area contributed by atoms with Crippen LogP contribution in [0.4, 0.5) is 5.69 Å². The number of rotatable bonds is 4. The van der Waals surface area contributed by atoms with Crippen LogP contribution in [-0.4, -0.2) is 16.8 Å². The van der Waals surface area contributed by atoms with E-state index >= 15 is 0 Å². The van der Waals surface area contributed by atoms with Crippen molar-refractivity contribution in [1.29, 1.82) is 0 Å². The third-order valence-corrected chi connectivity index (χ3v) is 4.86. The highest BCUT2D eigenvalue weighted by atomic mass is 79.9. The molecule has 1 unspecified atom stereocenters. The predicted octanol–water partition coefficient (Wildman–Crippen LogP) is 3.99. The molecule has 4 nitrogen and oxygen atoms in total. The molecule has 1 heterocycles. The van der Waals surface area contributed by atoms with E-state index in [1.165, 1.54) is 0 Å². The number of carbonyl (C=O) groups excluding carboxylic acids is 2. The van der Waals surface area contributed by atoms with Gasteiger partial charge in [-0.2, -0.15) is 0 Å². The molecule has 24 heavy (non-hydrogen) atoms.